The highest BCUT2D eigenvalue weighted by Crippen LogP contribution is 2.40. The molecule has 30 heavy (non-hydrogen) atoms. The minimum absolute atomic E-state index is 0.0659. The van der Waals surface area contributed by atoms with Crippen molar-refractivity contribution < 1.29 is 18.4 Å². The first-order valence-electron chi connectivity index (χ1n) is 10.1. The lowest BCUT2D eigenvalue weighted by molar-refractivity contribution is -0.126. The summed E-state index contributed by atoms with van der Waals surface area (Å²) >= 11 is 0. The molecule has 1 saturated carbocycles. The summed E-state index contributed by atoms with van der Waals surface area (Å²) in [5, 5.41) is 2.97. The largest absolute Gasteiger partial charge is 0.368 e. The van der Waals surface area contributed by atoms with Gasteiger partial charge in [0.05, 0.1) is 6.54 Å². The van der Waals surface area contributed by atoms with Gasteiger partial charge in [0, 0.05) is 12.0 Å². The van der Waals surface area contributed by atoms with E-state index in [1.54, 1.807) is 25.2 Å². The molecule has 1 aliphatic rings. The molecule has 1 atom stereocenters. The van der Waals surface area contributed by atoms with Crippen LogP contribution in [-0.2, 0) is 15.0 Å². The second kappa shape index (κ2) is 9.34. The second-order valence-electron chi connectivity index (χ2n) is 8.05. The highest BCUT2D eigenvalue weighted by atomic mass is 19.1. The van der Waals surface area contributed by atoms with Gasteiger partial charge in [0.25, 0.3) is 0 Å². The quantitative estimate of drug-likeness (QED) is 0.696. The summed E-state index contributed by atoms with van der Waals surface area (Å²) in [5.74, 6) is -1.67. The molecule has 160 valence electrons. The van der Waals surface area contributed by atoms with E-state index in [2.05, 4.69) is 5.32 Å². The zero-order valence-electron chi connectivity index (χ0n) is 17.0. The first kappa shape index (κ1) is 21.9. The highest BCUT2D eigenvalue weighted by Gasteiger charge is 2.36. The smallest absolute Gasteiger partial charge is 0.239 e. The molecule has 2 amide bonds. The minimum atomic E-state index is -0.913. The maximum Gasteiger partial charge on any atom is 0.239 e. The van der Waals surface area contributed by atoms with E-state index in [1.807, 2.05) is 0 Å². The number of primary amides is 1. The molecule has 0 bridgehead atoms. The number of likely N-dealkylation sites (N-methyl/N-ethyl adjacent to an activating group) is 1. The maximum absolute atomic E-state index is 13.6. The molecule has 0 radical (unpaired) electrons. The summed E-state index contributed by atoms with van der Waals surface area (Å²) in [4.78, 5) is 26.1. The van der Waals surface area contributed by atoms with Gasteiger partial charge in [-0.05, 0) is 55.3 Å². The zero-order chi connectivity index (χ0) is 21.7. The first-order chi connectivity index (χ1) is 14.3. The van der Waals surface area contributed by atoms with Gasteiger partial charge in [-0.2, -0.15) is 0 Å². The molecule has 0 spiro atoms. The third-order valence-electron chi connectivity index (χ3n) is 5.91. The average Bonchev–Trinajstić information content (AvgIpc) is 3.17. The van der Waals surface area contributed by atoms with E-state index in [4.69, 9.17) is 5.73 Å². The summed E-state index contributed by atoms with van der Waals surface area (Å²) in [7, 11) is 1.60. The topological polar surface area (TPSA) is 75.4 Å². The number of halogens is 2. The van der Waals surface area contributed by atoms with Gasteiger partial charge < -0.3 is 11.1 Å². The molecule has 0 heterocycles. The molecule has 0 saturated heterocycles. The lowest BCUT2D eigenvalue weighted by Crippen LogP contribution is -2.45. The standard InChI is InChI=1S/C23H27F2N3O2/c1-28(21(22(26)30)16-5-4-6-19(25)13-16)14-20(29)27-15-23(11-2-3-12-23)17-7-9-18(24)10-8-17/h4-10,13,21H,2-3,11-12,14-15H2,1H3,(H2,26,30)(H,27,29). The summed E-state index contributed by atoms with van der Waals surface area (Å²) in [6, 6.07) is 11.2. The maximum atomic E-state index is 13.6. The second-order valence-corrected chi connectivity index (χ2v) is 8.05. The van der Waals surface area contributed by atoms with Crippen molar-refractivity contribution in [2.45, 2.75) is 37.1 Å². The van der Waals surface area contributed by atoms with Crippen molar-refractivity contribution >= 4 is 11.8 Å². The van der Waals surface area contributed by atoms with Crippen LogP contribution in [0.4, 0.5) is 8.78 Å². The van der Waals surface area contributed by atoms with Crippen LogP contribution in [0.2, 0.25) is 0 Å². The van der Waals surface area contributed by atoms with Gasteiger partial charge in [-0.3, -0.25) is 14.5 Å². The monoisotopic (exact) mass is 415 g/mol. The number of nitrogens with two attached hydrogens (primary N) is 1. The highest BCUT2D eigenvalue weighted by molar-refractivity contribution is 5.83. The lowest BCUT2D eigenvalue weighted by atomic mass is 9.79. The van der Waals surface area contributed by atoms with Crippen molar-refractivity contribution in [1.82, 2.24) is 10.2 Å². The number of amides is 2. The van der Waals surface area contributed by atoms with E-state index >= 15 is 0 Å². The van der Waals surface area contributed by atoms with Crippen LogP contribution in [0.15, 0.2) is 48.5 Å². The van der Waals surface area contributed by atoms with Gasteiger partial charge in [-0.25, -0.2) is 8.78 Å². The zero-order valence-corrected chi connectivity index (χ0v) is 17.0. The van der Waals surface area contributed by atoms with Crippen LogP contribution < -0.4 is 11.1 Å². The predicted octanol–water partition coefficient (Wildman–Crippen LogP) is 3.05. The third kappa shape index (κ3) is 5.02. The van der Waals surface area contributed by atoms with Crippen LogP contribution in [0.25, 0.3) is 0 Å². The van der Waals surface area contributed by atoms with Crippen molar-refractivity contribution in [3.8, 4) is 0 Å². The molecular formula is C23H27F2N3O2. The van der Waals surface area contributed by atoms with E-state index in [-0.39, 0.29) is 23.7 Å². The number of carbonyl (C=O) groups is 2. The fourth-order valence-corrected chi connectivity index (χ4v) is 4.38. The Labute approximate surface area is 175 Å². The number of hydrogen-bond donors (Lipinski definition) is 2. The summed E-state index contributed by atoms with van der Waals surface area (Å²) < 4.78 is 26.9. The van der Waals surface area contributed by atoms with Crippen molar-refractivity contribution in [3.63, 3.8) is 0 Å². The Hall–Kier alpha value is -2.80. The number of benzene rings is 2. The van der Waals surface area contributed by atoms with Crippen LogP contribution in [0.1, 0.15) is 42.9 Å². The van der Waals surface area contributed by atoms with E-state index in [0.29, 0.717) is 12.1 Å². The normalized spacial score (nSPS) is 16.4. The van der Waals surface area contributed by atoms with Crippen molar-refractivity contribution in [1.29, 1.82) is 0 Å². The van der Waals surface area contributed by atoms with Crippen LogP contribution in [0.3, 0.4) is 0 Å². The molecule has 0 aliphatic heterocycles. The van der Waals surface area contributed by atoms with Gasteiger partial charge in [0.2, 0.25) is 11.8 Å². The first-order valence-corrected chi connectivity index (χ1v) is 10.1. The Balaban J connectivity index is 1.66. The van der Waals surface area contributed by atoms with Crippen molar-refractivity contribution in [3.05, 3.63) is 71.3 Å². The fourth-order valence-electron chi connectivity index (χ4n) is 4.38. The van der Waals surface area contributed by atoms with Crippen LogP contribution in [0.5, 0.6) is 0 Å². The summed E-state index contributed by atoms with van der Waals surface area (Å²) in [6.07, 6.45) is 3.94. The van der Waals surface area contributed by atoms with E-state index in [0.717, 1.165) is 31.2 Å². The fraction of sp³-hybridized carbons (Fsp3) is 0.391. The van der Waals surface area contributed by atoms with Crippen LogP contribution in [-0.4, -0.2) is 36.9 Å². The number of nitrogens with one attached hydrogen (secondary N) is 1. The Bertz CT molecular complexity index is 896. The number of rotatable bonds is 8. The summed E-state index contributed by atoms with van der Waals surface area (Å²) in [6.45, 7) is 0.371. The lowest BCUT2D eigenvalue weighted by Gasteiger charge is -2.31. The van der Waals surface area contributed by atoms with Gasteiger partial charge in [-0.15, -0.1) is 0 Å². The van der Waals surface area contributed by atoms with Crippen molar-refractivity contribution in [2.24, 2.45) is 5.73 Å². The minimum Gasteiger partial charge on any atom is -0.368 e. The molecule has 2 aromatic carbocycles. The molecule has 3 rings (SSSR count). The number of nitrogens with zero attached hydrogens (tertiary/aromatic N) is 1. The van der Waals surface area contributed by atoms with E-state index in [1.165, 1.54) is 35.2 Å². The SMILES string of the molecule is CN(CC(=O)NCC1(c2ccc(F)cc2)CCCC1)C(C(N)=O)c1cccc(F)c1. The molecule has 1 unspecified atom stereocenters. The Morgan fingerprint density at radius 2 is 1.77 bits per heavy atom. The van der Waals surface area contributed by atoms with Crippen molar-refractivity contribution in [2.75, 3.05) is 20.1 Å². The molecule has 1 aliphatic carbocycles. The van der Waals surface area contributed by atoms with Crippen LogP contribution in [0, 0.1) is 11.6 Å². The molecule has 0 aromatic heterocycles. The number of carbonyl (C=O) groups excluding carboxylic acids is 2. The van der Waals surface area contributed by atoms with Gasteiger partial charge >= 0.3 is 0 Å². The van der Waals surface area contributed by atoms with Gasteiger partial charge in [0.1, 0.15) is 17.7 Å². The van der Waals surface area contributed by atoms with E-state index in [9.17, 15) is 18.4 Å². The molecule has 5 nitrogen and oxygen atoms in total. The Morgan fingerprint density at radius 3 is 2.37 bits per heavy atom. The molecule has 2 aromatic rings. The van der Waals surface area contributed by atoms with Crippen LogP contribution >= 0.6 is 0 Å². The van der Waals surface area contributed by atoms with Gasteiger partial charge in [-0.1, -0.05) is 37.1 Å². The predicted molar refractivity (Wildman–Crippen MR) is 111 cm³/mol. The Kier molecular flexibility index (Phi) is 6.82. The average molecular weight is 415 g/mol. The van der Waals surface area contributed by atoms with Gasteiger partial charge in [0.15, 0.2) is 0 Å². The molecule has 3 N–H and O–H groups in total. The summed E-state index contributed by atoms with van der Waals surface area (Å²) in [5.41, 5.74) is 6.72. The molecule has 1 fully saturated rings. The molecular weight excluding hydrogens is 388 g/mol. The third-order valence-corrected chi connectivity index (χ3v) is 5.91. The van der Waals surface area contributed by atoms with E-state index < -0.39 is 17.8 Å². The molecule has 7 heteroatoms. The number of hydrogen-bond acceptors (Lipinski definition) is 3. The Morgan fingerprint density at radius 1 is 1.10 bits per heavy atom.